The maximum Gasteiger partial charge on any atom is 0.264 e. The molecule has 0 saturated heterocycles. The van der Waals surface area contributed by atoms with Gasteiger partial charge in [-0.3, -0.25) is 13.9 Å². The van der Waals surface area contributed by atoms with Crippen molar-refractivity contribution >= 4 is 27.5 Å². The standard InChI is InChI=1S/C30H36FN3O4S/c1-21-11-15-24(16-12-21)19-33(23(3)29(36)32-30(4,5)6)28(35)20-34(27-10-8-7-9-26(27)31)39(37,38)25-17-13-22(2)14-18-25/h7-18,23H,19-20H2,1-6H3,(H,32,36)/t23-/m0/s1. The summed E-state index contributed by atoms with van der Waals surface area (Å²) in [5.41, 5.74) is 1.85. The Labute approximate surface area is 230 Å². The van der Waals surface area contributed by atoms with E-state index in [1.807, 2.05) is 58.9 Å². The highest BCUT2D eigenvalue weighted by Crippen LogP contribution is 2.27. The van der Waals surface area contributed by atoms with Gasteiger partial charge in [0, 0.05) is 12.1 Å². The number of aryl methyl sites for hydroxylation is 2. The van der Waals surface area contributed by atoms with Crippen molar-refractivity contribution in [3.63, 3.8) is 0 Å². The van der Waals surface area contributed by atoms with E-state index >= 15 is 0 Å². The fourth-order valence-corrected chi connectivity index (χ4v) is 5.37. The number of rotatable bonds is 9. The molecule has 0 spiro atoms. The van der Waals surface area contributed by atoms with Crippen LogP contribution in [-0.4, -0.2) is 43.3 Å². The first kappa shape index (κ1) is 29.8. The second-order valence-corrected chi connectivity index (χ2v) is 12.6. The lowest BCUT2D eigenvalue weighted by molar-refractivity contribution is -0.140. The second kappa shape index (κ2) is 12.0. The van der Waals surface area contributed by atoms with E-state index in [0.717, 1.165) is 27.1 Å². The topological polar surface area (TPSA) is 86.8 Å². The van der Waals surface area contributed by atoms with Crippen molar-refractivity contribution in [3.8, 4) is 0 Å². The summed E-state index contributed by atoms with van der Waals surface area (Å²) < 4.78 is 43.2. The Morgan fingerprint density at radius 1 is 0.897 bits per heavy atom. The summed E-state index contributed by atoms with van der Waals surface area (Å²) >= 11 is 0. The molecule has 9 heteroatoms. The number of sulfonamides is 1. The number of para-hydroxylation sites is 1. The molecular formula is C30H36FN3O4S. The number of hydrogen-bond donors (Lipinski definition) is 1. The van der Waals surface area contributed by atoms with Crippen LogP contribution in [0.3, 0.4) is 0 Å². The number of nitrogens with one attached hydrogen (secondary N) is 1. The largest absolute Gasteiger partial charge is 0.350 e. The number of nitrogens with zero attached hydrogens (tertiary/aromatic N) is 2. The van der Waals surface area contributed by atoms with Gasteiger partial charge in [-0.2, -0.15) is 0 Å². The zero-order valence-corrected chi connectivity index (χ0v) is 24.0. The van der Waals surface area contributed by atoms with Crippen LogP contribution in [0.4, 0.5) is 10.1 Å². The van der Waals surface area contributed by atoms with Gasteiger partial charge in [0.05, 0.1) is 10.6 Å². The molecule has 0 aliphatic heterocycles. The zero-order valence-electron chi connectivity index (χ0n) is 23.2. The van der Waals surface area contributed by atoms with Crippen LogP contribution in [0, 0.1) is 19.7 Å². The van der Waals surface area contributed by atoms with Gasteiger partial charge in [0.15, 0.2) is 0 Å². The molecule has 0 aliphatic carbocycles. The van der Waals surface area contributed by atoms with Crippen LogP contribution >= 0.6 is 0 Å². The van der Waals surface area contributed by atoms with Gasteiger partial charge < -0.3 is 10.2 Å². The van der Waals surface area contributed by atoms with E-state index in [1.54, 1.807) is 19.1 Å². The van der Waals surface area contributed by atoms with Crippen molar-refractivity contribution in [1.29, 1.82) is 0 Å². The summed E-state index contributed by atoms with van der Waals surface area (Å²) in [5, 5.41) is 2.88. The molecule has 0 aromatic heterocycles. The summed E-state index contributed by atoms with van der Waals surface area (Å²) in [4.78, 5) is 28.2. The number of benzene rings is 3. The third-order valence-electron chi connectivity index (χ3n) is 6.15. The minimum atomic E-state index is -4.33. The lowest BCUT2D eigenvalue weighted by Crippen LogP contribution is -2.54. The van der Waals surface area contributed by atoms with Crippen LogP contribution in [0.5, 0.6) is 0 Å². The van der Waals surface area contributed by atoms with Gasteiger partial charge in [0.1, 0.15) is 18.4 Å². The normalized spacial score (nSPS) is 12.5. The number of halogens is 1. The molecule has 1 N–H and O–H groups in total. The summed E-state index contributed by atoms with van der Waals surface area (Å²) in [6, 6.07) is 18.1. The highest BCUT2D eigenvalue weighted by atomic mass is 32.2. The highest BCUT2D eigenvalue weighted by Gasteiger charge is 2.34. The van der Waals surface area contributed by atoms with Crippen LogP contribution in [0.2, 0.25) is 0 Å². The molecule has 3 aromatic rings. The van der Waals surface area contributed by atoms with Crippen molar-refractivity contribution in [2.75, 3.05) is 10.8 Å². The minimum Gasteiger partial charge on any atom is -0.350 e. The molecule has 0 radical (unpaired) electrons. The zero-order chi connectivity index (χ0) is 29.0. The average molecular weight is 554 g/mol. The summed E-state index contributed by atoms with van der Waals surface area (Å²) in [6.07, 6.45) is 0. The number of carbonyl (C=O) groups is 2. The Bertz CT molecular complexity index is 1420. The molecule has 0 heterocycles. The molecule has 3 rings (SSSR count). The lowest BCUT2D eigenvalue weighted by atomic mass is 10.1. The first-order valence-electron chi connectivity index (χ1n) is 12.7. The molecule has 0 saturated carbocycles. The third kappa shape index (κ3) is 7.66. The third-order valence-corrected chi connectivity index (χ3v) is 7.92. The monoisotopic (exact) mass is 553 g/mol. The molecule has 7 nitrogen and oxygen atoms in total. The van der Waals surface area contributed by atoms with Crippen molar-refractivity contribution in [2.24, 2.45) is 0 Å². The molecule has 0 aliphatic rings. The fourth-order valence-electron chi connectivity index (χ4n) is 3.95. The van der Waals surface area contributed by atoms with E-state index in [4.69, 9.17) is 0 Å². The number of carbonyl (C=O) groups excluding carboxylic acids is 2. The van der Waals surface area contributed by atoms with E-state index in [-0.39, 0.29) is 23.0 Å². The van der Waals surface area contributed by atoms with Crippen LogP contribution < -0.4 is 9.62 Å². The van der Waals surface area contributed by atoms with Gasteiger partial charge in [-0.05, 0) is 71.4 Å². The van der Waals surface area contributed by atoms with Gasteiger partial charge >= 0.3 is 0 Å². The average Bonchev–Trinajstić information content (AvgIpc) is 2.86. The van der Waals surface area contributed by atoms with Gasteiger partial charge in [-0.25, -0.2) is 12.8 Å². The molecular weight excluding hydrogens is 517 g/mol. The Morgan fingerprint density at radius 2 is 1.44 bits per heavy atom. The van der Waals surface area contributed by atoms with E-state index in [1.165, 1.54) is 35.2 Å². The van der Waals surface area contributed by atoms with Crippen LogP contribution in [-0.2, 0) is 26.2 Å². The van der Waals surface area contributed by atoms with E-state index in [9.17, 15) is 22.4 Å². The fraction of sp³-hybridized carbons (Fsp3) is 0.333. The first-order chi connectivity index (χ1) is 18.2. The molecule has 0 unspecified atom stereocenters. The number of anilines is 1. The van der Waals surface area contributed by atoms with E-state index in [2.05, 4.69) is 5.32 Å². The maximum absolute atomic E-state index is 15.0. The Balaban J connectivity index is 2.04. The maximum atomic E-state index is 15.0. The molecule has 1 atom stereocenters. The second-order valence-electron chi connectivity index (χ2n) is 10.7. The molecule has 3 aromatic carbocycles. The summed E-state index contributed by atoms with van der Waals surface area (Å²) in [7, 11) is -4.33. The van der Waals surface area contributed by atoms with Gasteiger partial charge in [-0.15, -0.1) is 0 Å². The van der Waals surface area contributed by atoms with Crippen LogP contribution in [0.1, 0.15) is 44.4 Å². The molecule has 39 heavy (non-hydrogen) atoms. The Kier molecular flexibility index (Phi) is 9.17. The number of hydrogen-bond acceptors (Lipinski definition) is 4. The number of amides is 2. The molecule has 2 amide bonds. The van der Waals surface area contributed by atoms with Crippen LogP contribution in [0.15, 0.2) is 77.7 Å². The predicted octanol–water partition coefficient (Wildman–Crippen LogP) is 4.97. The smallest absolute Gasteiger partial charge is 0.264 e. The van der Waals surface area contributed by atoms with Crippen molar-refractivity contribution in [3.05, 3.63) is 95.3 Å². The van der Waals surface area contributed by atoms with Gasteiger partial charge in [-0.1, -0.05) is 59.7 Å². The highest BCUT2D eigenvalue weighted by molar-refractivity contribution is 7.92. The van der Waals surface area contributed by atoms with E-state index in [0.29, 0.717) is 0 Å². The van der Waals surface area contributed by atoms with Gasteiger partial charge in [0.25, 0.3) is 10.0 Å². The SMILES string of the molecule is Cc1ccc(CN(C(=O)CN(c2ccccc2F)S(=O)(=O)c2ccc(C)cc2)[C@@H](C)C(=O)NC(C)(C)C)cc1. The Hall–Kier alpha value is -3.72. The van der Waals surface area contributed by atoms with Crippen molar-refractivity contribution in [2.45, 2.75) is 64.6 Å². The first-order valence-corrected chi connectivity index (χ1v) is 14.1. The van der Waals surface area contributed by atoms with Gasteiger partial charge in [0.2, 0.25) is 11.8 Å². The summed E-state index contributed by atoms with van der Waals surface area (Å²) in [6.45, 7) is 10.2. The van der Waals surface area contributed by atoms with E-state index < -0.39 is 39.9 Å². The quantitative estimate of drug-likeness (QED) is 0.405. The van der Waals surface area contributed by atoms with Crippen molar-refractivity contribution < 1.29 is 22.4 Å². The lowest BCUT2D eigenvalue weighted by Gasteiger charge is -2.33. The predicted molar refractivity (Wildman–Crippen MR) is 151 cm³/mol. The van der Waals surface area contributed by atoms with Crippen LogP contribution in [0.25, 0.3) is 0 Å². The molecule has 0 bridgehead atoms. The molecule has 0 fully saturated rings. The Morgan fingerprint density at radius 3 is 1.97 bits per heavy atom. The van der Waals surface area contributed by atoms with Crippen molar-refractivity contribution in [1.82, 2.24) is 10.2 Å². The molecule has 208 valence electrons. The minimum absolute atomic E-state index is 0.0630. The summed E-state index contributed by atoms with van der Waals surface area (Å²) in [5.74, 6) is -1.82.